The minimum atomic E-state index is 0.261. The average molecular weight is 397 g/mol. The van der Waals surface area contributed by atoms with E-state index in [1.54, 1.807) is 0 Å². The van der Waals surface area contributed by atoms with Crippen LogP contribution in [-0.2, 0) is 44.4 Å². The van der Waals surface area contributed by atoms with Gasteiger partial charge in [0.25, 0.3) is 0 Å². The molecule has 12 heavy (non-hydrogen) atoms. The Bertz CT molecular complexity index is 151. The Morgan fingerprint density at radius 2 is 1.92 bits per heavy atom. The molecule has 0 N–H and O–H groups in total. The first-order valence-corrected chi connectivity index (χ1v) is 7.60. The molecule has 0 spiro atoms. The van der Waals surface area contributed by atoms with Gasteiger partial charge in [0.05, 0.1) is 0 Å². The van der Waals surface area contributed by atoms with E-state index >= 15 is 0 Å². The predicted molar refractivity (Wildman–Crippen MR) is 44.5 cm³/mol. The molecule has 0 aromatic heterocycles. The van der Waals surface area contributed by atoms with Gasteiger partial charge in [-0.05, 0) is 0 Å². The molecule has 1 nitrogen and oxygen atoms in total. The molecule has 0 aromatic carbocycles. The summed E-state index contributed by atoms with van der Waals surface area (Å²) in [6.07, 6.45) is 0.454. The molecule has 0 saturated carbocycles. The van der Waals surface area contributed by atoms with Gasteiger partial charge in [-0.25, -0.2) is 0 Å². The molecule has 1 fully saturated rings. The molecule has 0 radical (unpaired) electrons. The van der Waals surface area contributed by atoms with E-state index in [4.69, 9.17) is 4.74 Å². The molecule has 5 atom stereocenters. The normalized spacial score (nSPS) is 49.1. The summed E-state index contributed by atoms with van der Waals surface area (Å²) in [6, 6.07) is 0. The molecular weight excluding hydrogens is 384 g/mol. The van der Waals surface area contributed by atoms with Gasteiger partial charge in [-0.2, -0.15) is 0 Å². The number of alkyl halides is 1. The van der Waals surface area contributed by atoms with Crippen LogP contribution >= 0.6 is 15.9 Å². The van der Waals surface area contributed by atoms with Crippen molar-refractivity contribution in [2.75, 3.05) is 0 Å². The van der Waals surface area contributed by atoms with E-state index in [1.165, 1.54) is 0 Å². The summed E-state index contributed by atoms with van der Waals surface area (Å²) in [5.74, 6) is 1.39. The van der Waals surface area contributed by atoms with Crippen molar-refractivity contribution in [2.45, 2.75) is 34.1 Å². The van der Waals surface area contributed by atoms with E-state index in [-0.39, 0.29) is 5.01 Å². The van der Waals surface area contributed by atoms with Crippen LogP contribution in [-0.4, -0.2) is 11.1 Å². The average Bonchev–Trinajstić information content (AvgIpc) is 2.08. The zero-order valence-corrected chi connectivity index (χ0v) is 12.8. The third kappa shape index (κ3) is 2.44. The fourth-order valence-electron chi connectivity index (χ4n) is 1.38. The second-order valence-corrected chi connectivity index (χ2v) is 6.44. The van der Waals surface area contributed by atoms with Gasteiger partial charge in [-0.15, -0.1) is 0 Å². The Labute approximate surface area is 105 Å². The first-order chi connectivity index (χ1) is 5.57. The fraction of sp³-hybridized carbons (Fsp3) is 1.00. The van der Waals surface area contributed by atoms with Gasteiger partial charge in [-0.1, -0.05) is 0 Å². The van der Waals surface area contributed by atoms with Crippen molar-refractivity contribution < 1.29 is 44.4 Å². The van der Waals surface area contributed by atoms with Crippen LogP contribution in [0.15, 0.2) is 0 Å². The quantitative estimate of drug-likeness (QED) is 0.489. The summed E-state index contributed by atoms with van der Waals surface area (Å²) < 4.78 is 6.56. The van der Waals surface area contributed by atoms with E-state index < -0.39 is 0 Å². The first-order valence-electron chi connectivity index (χ1n) is 4.11. The van der Waals surface area contributed by atoms with Crippen LogP contribution < -0.4 is 0 Å². The predicted octanol–water partition coefficient (Wildman–Crippen LogP) is 2.68. The standard InChI is InChI=1S/C8H13BrO.2Mo/c1-5-4-6(2)10-8(9)7(5)3;;/h4-8H,2H2,1,3H3;;/t5-,6+,7+,8-;;/m0../s1. The van der Waals surface area contributed by atoms with Gasteiger partial charge in [0.15, 0.2) is 0 Å². The van der Waals surface area contributed by atoms with Crippen LogP contribution in [0.1, 0.15) is 13.8 Å². The second kappa shape index (κ2) is 5.05. The Balaban J connectivity index is 2.63. The van der Waals surface area contributed by atoms with E-state index in [9.17, 15) is 0 Å². The van der Waals surface area contributed by atoms with E-state index in [2.05, 4.69) is 69.4 Å². The number of ether oxygens (including phenoxy) is 1. The van der Waals surface area contributed by atoms with Crippen molar-refractivity contribution in [3.63, 3.8) is 0 Å². The summed E-state index contributed by atoms with van der Waals surface area (Å²) in [5, 5.41) is 0.261. The molecule has 0 unspecified atom stereocenters. The second-order valence-electron chi connectivity index (χ2n) is 3.38. The number of rotatable bonds is 1. The van der Waals surface area contributed by atoms with Crippen molar-refractivity contribution in [1.82, 2.24) is 0 Å². The number of hydrogen-bond donors (Lipinski definition) is 0. The summed E-state index contributed by atoms with van der Waals surface area (Å²) in [4.78, 5) is 1.14. The Hall–Kier alpha value is 1.82. The molecule has 70 valence electrons. The molecule has 1 aliphatic heterocycles. The summed E-state index contributed by atoms with van der Waals surface area (Å²) >= 11 is 7.94. The molecule has 0 aromatic rings. The summed E-state index contributed by atoms with van der Waals surface area (Å²) in [6.45, 7) is 4.59. The van der Waals surface area contributed by atoms with Crippen molar-refractivity contribution >= 4 is 15.9 Å². The van der Waals surface area contributed by atoms with Crippen LogP contribution in [0.5, 0.6) is 0 Å². The molecule has 0 bridgehead atoms. The van der Waals surface area contributed by atoms with Crippen molar-refractivity contribution in [1.29, 1.82) is 0 Å². The maximum absolute atomic E-state index is 5.85. The Morgan fingerprint density at radius 3 is 2.42 bits per heavy atom. The molecule has 4 heteroatoms. The zero-order chi connectivity index (χ0) is 9.30. The third-order valence-electron chi connectivity index (χ3n) is 2.60. The number of halogens is 1. The van der Waals surface area contributed by atoms with Gasteiger partial charge in [0.1, 0.15) is 0 Å². The fourth-order valence-corrected chi connectivity index (χ4v) is 4.71. The summed E-state index contributed by atoms with van der Waals surface area (Å²) in [5.41, 5.74) is 0. The molecule has 1 saturated heterocycles. The van der Waals surface area contributed by atoms with Gasteiger partial charge in [0.2, 0.25) is 0 Å². The third-order valence-corrected chi connectivity index (χ3v) is 6.26. The van der Waals surface area contributed by atoms with Crippen molar-refractivity contribution in [3.8, 4) is 0 Å². The van der Waals surface area contributed by atoms with E-state index in [0.717, 1.165) is 10.7 Å². The van der Waals surface area contributed by atoms with Gasteiger partial charge >= 0.3 is 106 Å². The first kappa shape index (κ1) is 11.9. The molecule has 1 aliphatic rings. The van der Waals surface area contributed by atoms with Crippen LogP contribution in [0.3, 0.4) is 0 Å². The van der Waals surface area contributed by atoms with Gasteiger partial charge in [-0.3, -0.25) is 0 Å². The van der Waals surface area contributed by atoms with Crippen molar-refractivity contribution in [2.24, 2.45) is 11.8 Å². The maximum atomic E-state index is 5.85. The summed E-state index contributed by atoms with van der Waals surface area (Å²) in [7, 11) is 0. The van der Waals surface area contributed by atoms with Gasteiger partial charge < -0.3 is 0 Å². The van der Waals surface area contributed by atoms with E-state index in [0.29, 0.717) is 16.3 Å². The zero-order valence-electron chi connectivity index (χ0n) is 7.20. The SMILES string of the molecule is C[C@@H]1[C@@H](C)[C@@H](Br)O[C@H]([CH2][Mo])[C@@H]1[Mo]. The molecule has 1 heterocycles. The molecule has 0 amide bonds. The molecule has 1 rings (SSSR count). The molecule has 0 aliphatic carbocycles. The number of hydrogen-bond acceptors (Lipinski definition) is 1. The monoisotopic (exact) mass is 400 g/mol. The Morgan fingerprint density at radius 1 is 1.33 bits per heavy atom. The Kier molecular flexibility index (Phi) is 5.01. The molecular formula is C8H13BrMo2O. The minimum absolute atomic E-state index is 0.261. The van der Waals surface area contributed by atoms with Crippen LogP contribution in [0.25, 0.3) is 0 Å². The van der Waals surface area contributed by atoms with Crippen LogP contribution in [0.2, 0.25) is 9.12 Å². The van der Waals surface area contributed by atoms with Gasteiger partial charge in [0, 0.05) is 0 Å². The van der Waals surface area contributed by atoms with Crippen LogP contribution in [0, 0.1) is 11.8 Å². The topological polar surface area (TPSA) is 9.23 Å². The van der Waals surface area contributed by atoms with Crippen molar-refractivity contribution in [3.05, 3.63) is 0 Å². The van der Waals surface area contributed by atoms with E-state index in [1.807, 2.05) is 0 Å². The van der Waals surface area contributed by atoms with Crippen LogP contribution in [0.4, 0.5) is 0 Å².